The molecule has 0 aromatic carbocycles. The average molecular weight is 284 g/mol. The van der Waals surface area contributed by atoms with Crippen LogP contribution in [0.3, 0.4) is 0 Å². The molecule has 0 radical (unpaired) electrons. The molecule has 0 spiro atoms. The lowest BCUT2D eigenvalue weighted by molar-refractivity contribution is -0.153. The number of hydrogen-bond acceptors (Lipinski definition) is 5. The van der Waals surface area contributed by atoms with E-state index in [-0.39, 0.29) is 18.0 Å². The molecule has 0 bridgehead atoms. The van der Waals surface area contributed by atoms with Crippen LogP contribution in [-0.2, 0) is 14.3 Å². The van der Waals surface area contributed by atoms with E-state index in [2.05, 4.69) is 6.92 Å². The SMILES string of the molecule is CCCCCC/C=C(\O)C1C(O)CC(=O)C1OC(C)=O. The van der Waals surface area contributed by atoms with Crippen LogP contribution in [0.15, 0.2) is 11.8 Å². The van der Waals surface area contributed by atoms with Crippen molar-refractivity contribution in [2.24, 2.45) is 5.92 Å². The van der Waals surface area contributed by atoms with Gasteiger partial charge < -0.3 is 14.9 Å². The summed E-state index contributed by atoms with van der Waals surface area (Å²) in [5.74, 6) is -1.80. The van der Waals surface area contributed by atoms with Crippen molar-refractivity contribution in [1.29, 1.82) is 0 Å². The molecule has 0 saturated heterocycles. The van der Waals surface area contributed by atoms with Crippen molar-refractivity contribution < 1.29 is 24.5 Å². The zero-order chi connectivity index (χ0) is 15.1. The molecule has 1 saturated carbocycles. The first kappa shape index (κ1) is 16.7. The second kappa shape index (κ2) is 8.04. The molecular formula is C15H24O5. The Hall–Kier alpha value is -1.36. The molecular weight excluding hydrogens is 260 g/mol. The summed E-state index contributed by atoms with van der Waals surface area (Å²) < 4.78 is 4.92. The summed E-state index contributed by atoms with van der Waals surface area (Å²) in [4.78, 5) is 22.7. The Kier molecular flexibility index (Phi) is 6.71. The maximum atomic E-state index is 11.7. The van der Waals surface area contributed by atoms with Crippen LogP contribution >= 0.6 is 0 Å². The Bertz CT molecular complexity index is 374. The molecule has 0 aromatic rings. The number of hydrogen-bond donors (Lipinski definition) is 2. The number of Topliss-reactive ketones (excluding diaryl/α,β-unsaturated/α-hetero) is 1. The lowest BCUT2D eigenvalue weighted by Gasteiger charge is -2.20. The van der Waals surface area contributed by atoms with Crippen LogP contribution in [-0.4, -0.2) is 34.2 Å². The molecule has 3 atom stereocenters. The number of aliphatic hydroxyl groups excluding tert-OH is 2. The Morgan fingerprint density at radius 2 is 2.10 bits per heavy atom. The summed E-state index contributed by atoms with van der Waals surface area (Å²) in [6.07, 6.45) is 4.50. The normalized spacial score (nSPS) is 26.9. The Morgan fingerprint density at radius 1 is 1.40 bits per heavy atom. The number of aliphatic hydroxyl groups is 2. The van der Waals surface area contributed by atoms with Gasteiger partial charge in [-0.15, -0.1) is 0 Å². The number of rotatable bonds is 7. The van der Waals surface area contributed by atoms with Crippen LogP contribution in [0.5, 0.6) is 0 Å². The third-order valence-electron chi connectivity index (χ3n) is 3.51. The molecule has 5 heteroatoms. The molecule has 5 nitrogen and oxygen atoms in total. The fourth-order valence-electron chi connectivity index (χ4n) is 2.48. The first-order valence-electron chi connectivity index (χ1n) is 7.24. The molecule has 0 aromatic heterocycles. The smallest absolute Gasteiger partial charge is 0.303 e. The van der Waals surface area contributed by atoms with Crippen LogP contribution in [0.2, 0.25) is 0 Å². The predicted octanol–water partition coefficient (Wildman–Crippen LogP) is 2.28. The van der Waals surface area contributed by atoms with E-state index in [9.17, 15) is 19.8 Å². The highest BCUT2D eigenvalue weighted by Crippen LogP contribution is 2.31. The fourth-order valence-corrected chi connectivity index (χ4v) is 2.48. The number of carbonyl (C=O) groups excluding carboxylic acids is 2. The summed E-state index contributed by atoms with van der Waals surface area (Å²) >= 11 is 0. The van der Waals surface area contributed by atoms with Gasteiger partial charge in [0.15, 0.2) is 11.9 Å². The van der Waals surface area contributed by atoms with Crippen molar-refractivity contribution in [1.82, 2.24) is 0 Å². The minimum atomic E-state index is -1.06. The molecule has 1 aliphatic rings. The third kappa shape index (κ3) is 4.63. The minimum absolute atomic E-state index is 0.0499. The summed E-state index contributed by atoms with van der Waals surface area (Å²) in [6.45, 7) is 3.33. The van der Waals surface area contributed by atoms with Crippen LogP contribution in [0, 0.1) is 5.92 Å². The Balaban J connectivity index is 2.62. The zero-order valence-corrected chi connectivity index (χ0v) is 12.2. The number of esters is 1. The molecule has 20 heavy (non-hydrogen) atoms. The van der Waals surface area contributed by atoms with Crippen LogP contribution < -0.4 is 0 Å². The van der Waals surface area contributed by atoms with E-state index in [4.69, 9.17) is 4.74 Å². The summed E-state index contributed by atoms with van der Waals surface area (Å²) in [5.41, 5.74) is 0. The van der Waals surface area contributed by atoms with E-state index in [0.717, 1.165) is 25.7 Å². The van der Waals surface area contributed by atoms with Gasteiger partial charge in [0.05, 0.1) is 17.8 Å². The first-order valence-corrected chi connectivity index (χ1v) is 7.24. The van der Waals surface area contributed by atoms with Gasteiger partial charge in [-0.1, -0.05) is 26.2 Å². The number of ether oxygens (including phenoxy) is 1. The second-order valence-corrected chi connectivity index (χ2v) is 5.27. The van der Waals surface area contributed by atoms with Crippen molar-refractivity contribution in [3.8, 4) is 0 Å². The predicted molar refractivity (Wildman–Crippen MR) is 74.1 cm³/mol. The second-order valence-electron chi connectivity index (χ2n) is 5.27. The molecule has 2 N–H and O–H groups in total. The number of unbranched alkanes of at least 4 members (excludes halogenated alkanes) is 4. The molecule has 3 unspecified atom stereocenters. The van der Waals surface area contributed by atoms with Gasteiger partial charge in [-0.2, -0.15) is 0 Å². The van der Waals surface area contributed by atoms with Gasteiger partial charge in [0.25, 0.3) is 0 Å². The van der Waals surface area contributed by atoms with Crippen LogP contribution in [0.4, 0.5) is 0 Å². The highest BCUT2D eigenvalue weighted by atomic mass is 16.5. The van der Waals surface area contributed by atoms with Crippen molar-refractivity contribution in [3.05, 3.63) is 11.8 Å². The number of ketones is 1. The molecule has 0 amide bonds. The highest BCUT2D eigenvalue weighted by molar-refractivity contribution is 5.88. The van der Waals surface area contributed by atoms with Gasteiger partial charge in [0, 0.05) is 13.3 Å². The van der Waals surface area contributed by atoms with E-state index < -0.39 is 24.1 Å². The molecule has 1 rings (SSSR count). The van der Waals surface area contributed by atoms with Crippen LogP contribution in [0.1, 0.15) is 52.4 Å². The topological polar surface area (TPSA) is 83.8 Å². The molecule has 1 aliphatic carbocycles. The largest absolute Gasteiger partial charge is 0.512 e. The van der Waals surface area contributed by atoms with Gasteiger partial charge in [-0.25, -0.2) is 0 Å². The molecule has 0 heterocycles. The number of allylic oxidation sites excluding steroid dienone is 1. The van der Waals surface area contributed by atoms with Crippen molar-refractivity contribution in [3.63, 3.8) is 0 Å². The van der Waals surface area contributed by atoms with Crippen molar-refractivity contribution in [2.75, 3.05) is 0 Å². The third-order valence-corrected chi connectivity index (χ3v) is 3.51. The van der Waals surface area contributed by atoms with Gasteiger partial charge >= 0.3 is 5.97 Å². The van der Waals surface area contributed by atoms with Crippen LogP contribution in [0.25, 0.3) is 0 Å². The van der Waals surface area contributed by atoms with Gasteiger partial charge in [-0.3, -0.25) is 9.59 Å². The Morgan fingerprint density at radius 3 is 2.70 bits per heavy atom. The molecule has 1 fully saturated rings. The van der Waals surface area contributed by atoms with Gasteiger partial charge in [0.1, 0.15) is 0 Å². The monoisotopic (exact) mass is 284 g/mol. The van der Waals surface area contributed by atoms with E-state index in [1.165, 1.54) is 6.92 Å². The molecule has 114 valence electrons. The quantitative estimate of drug-likeness (QED) is 0.425. The van der Waals surface area contributed by atoms with Gasteiger partial charge in [0.2, 0.25) is 0 Å². The maximum absolute atomic E-state index is 11.7. The van der Waals surface area contributed by atoms with E-state index in [1.807, 2.05) is 0 Å². The molecule has 0 aliphatic heterocycles. The lowest BCUT2D eigenvalue weighted by atomic mass is 9.99. The van der Waals surface area contributed by atoms with Crippen molar-refractivity contribution in [2.45, 2.75) is 64.6 Å². The standard InChI is InChI=1S/C15H24O5/c1-3-4-5-6-7-8-11(17)14-12(18)9-13(19)15(14)20-10(2)16/h8,12,14-15,17-18H,3-7,9H2,1-2H3/b11-8-. The highest BCUT2D eigenvalue weighted by Gasteiger charge is 2.46. The summed E-state index contributed by atoms with van der Waals surface area (Å²) in [7, 11) is 0. The maximum Gasteiger partial charge on any atom is 0.303 e. The average Bonchev–Trinajstić information content (AvgIpc) is 2.63. The zero-order valence-electron chi connectivity index (χ0n) is 12.2. The van der Waals surface area contributed by atoms with Gasteiger partial charge in [-0.05, 0) is 18.9 Å². The summed E-state index contributed by atoms with van der Waals surface area (Å²) in [5, 5.41) is 19.9. The van der Waals surface area contributed by atoms with E-state index >= 15 is 0 Å². The Labute approximate surface area is 119 Å². The summed E-state index contributed by atoms with van der Waals surface area (Å²) in [6, 6.07) is 0. The van der Waals surface area contributed by atoms with E-state index in [1.54, 1.807) is 6.08 Å². The first-order chi connectivity index (χ1) is 9.47. The lowest BCUT2D eigenvalue weighted by Crippen LogP contribution is -2.31. The van der Waals surface area contributed by atoms with E-state index in [0.29, 0.717) is 6.42 Å². The fraction of sp³-hybridized carbons (Fsp3) is 0.733. The number of carbonyl (C=O) groups is 2. The van der Waals surface area contributed by atoms with Crippen molar-refractivity contribution >= 4 is 11.8 Å². The minimum Gasteiger partial charge on any atom is -0.512 e.